The molecule has 2 aliphatic heterocycles. The van der Waals surface area contributed by atoms with Gasteiger partial charge in [0.1, 0.15) is 6.17 Å². The van der Waals surface area contributed by atoms with Gasteiger partial charge in [-0.1, -0.05) is 152 Å². The van der Waals surface area contributed by atoms with Gasteiger partial charge in [-0.15, -0.1) is 0 Å². The van der Waals surface area contributed by atoms with Crippen LogP contribution in [-0.4, -0.2) is 0 Å². The molecule has 3 aliphatic rings. The van der Waals surface area contributed by atoms with Gasteiger partial charge in [0.15, 0.2) is 0 Å². The summed E-state index contributed by atoms with van der Waals surface area (Å²) in [7, 11) is 0. The molecule has 3 unspecified atom stereocenters. The van der Waals surface area contributed by atoms with Crippen molar-refractivity contribution in [3.8, 4) is 11.1 Å². The van der Waals surface area contributed by atoms with Crippen LogP contribution in [0.3, 0.4) is 0 Å². The minimum absolute atomic E-state index is 0.00349. The number of hydrogen-bond donors (Lipinski definition) is 3. The van der Waals surface area contributed by atoms with E-state index in [2.05, 4.69) is 241 Å². The number of para-hydroxylation sites is 3. The Bertz CT molecular complexity index is 2450. The summed E-state index contributed by atoms with van der Waals surface area (Å²) in [5.74, 6) is 0.353. The molecule has 5 aromatic rings. The molecule has 0 saturated carbocycles. The van der Waals surface area contributed by atoms with E-state index in [0.717, 1.165) is 33.9 Å². The van der Waals surface area contributed by atoms with E-state index in [4.69, 9.17) is 0 Å². The normalized spacial score (nSPS) is 22.0. The van der Waals surface area contributed by atoms with Crippen LogP contribution in [0.15, 0.2) is 224 Å². The van der Waals surface area contributed by atoms with Crippen molar-refractivity contribution in [1.82, 2.24) is 5.32 Å². The average molecular weight is 741 g/mol. The van der Waals surface area contributed by atoms with Crippen LogP contribution >= 0.6 is 0 Å². The third-order valence-electron chi connectivity index (χ3n) is 10.8. The molecule has 3 atom stereocenters. The van der Waals surface area contributed by atoms with Gasteiger partial charge >= 0.3 is 0 Å². The third kappa shape index (κ3) is 8.61. The summed E-state index contributed by atoms with van der Waals surface area (Å²) in [5, 5.41) is 11.0. The fraction of sp³-hybridized carbons (Fsp3) is 0.0943. The predicted octanol–water partition coefficient (Wildman–Crippen LogP) is 13.5. The van der Waals surface area contributed by atoms with Crippen LogP contribution in [0.1, 0.15) is 36.7 Å². The van der Waals surface area contributed by atoms with Gasteiger partial charge < -0.3 is 20.9 Å². The molecule has 4 nitrogen and oxygen atoms in total. The summed E-state index contributed by atoms with van der Waals surface area (Å²) in [6, 6.07) is 45.4. The number of fused-ring (bicyclic) bond motifs is 2. The molecule has 0 aromatic heterocycles. The molecular weight excluding hydrogens is 693 g/mol. The summed E-state index contributed by atoms with van der Waals surface area (Å²) >= 11 is 0. The first-order valence-electron chi connectivity index (χ1n) is 19.7. The quantitative estimate of drug-likeness (QED) is 0.141. The maximum absolute atomic E-state index is 3.75. The lowest BCUT2D eigenvalue weighted by Gasteiger charge is -2.27. The van der Waals surface area contributed by atoms with E-state index >= 15 is 0 Å². The first-order chi connectivity index (χ1) is 28.1. The Kier molecular flexibility index (Phi) is 11.4. The number of allylic oxidation sites excluding steroid dienone is 14. The monoisotopic (exact) mass is 740 g/mol. The second-order valence-electron chi connectivity index (χ2n) is 14.4. The van der Waals surface area contributed by atoms with Crippen molar-refractivity contribution in [3.63, 3.8) is 0 Å². The first kappa shape index (κ1) is 36.9. The lowest BCUT2D eigenvalue weighted by atomic mass is 9.81. The minimum atomic E-state index is -0.00349. The van der Waals surface area contributed by atoms with Gasteiger partial charge in [-0.2, -0.15) is 0 Å². The first-order valence-corrected chi connectivity index (χ1v) is 19.7. The molecule has 2 heterocycles. The van der Waals surface area contributed by atoms with Gasteiger partial charge in [0.2, 0.25) is 0 Å². The highest BCUT2D eigenvalue weighted by molar-refractivity contribution is 5.83. The van der Waals surface area contributed by atoms with Gasteiger partial charge in [-0.05, 0) is 107 Å². The zero-order valence-electron chi connectivity index (χ0n) is 32.5. The summed E-state index contributed by atoms with van der Waals surface area (Å²) in [6.45, 7) is 4.23. The average Bonchev–Trinajstić information content (AvgIpc) is 3.65. The Balaban J connectivity index is 1.05. The zero-order chi connectivity index (χ0) is 38.8. The lowest BCUT2D eigenvalue weighted by Crippen LogP contribution is -2.23. The van der Waals surface area contributed by atoms with Crippen molar-refractivity contribution >= 4 is 34.4 Å². The lowest BCUT2D eigenvalue weighted by molar-refractivity contribution is 0.637. The number of benzene rings is 5. The third-order valence-corrected chi connectivity index (χ3v) is 10.8. The van der Waals surface area contributed by atoms with Gasteiger partial charge in [0, 0.05) is 41.3 Å². The van der Waals surface area contributed by atoms with E-state index in [0.29, 0.717) is 0 Å². The van der Waals surface area contributed by atoms with Crippen LogP contribution in [0.5, 0.6) is 0 Å². The van der Waals surface area contributed by atoms with Gasteiger partial charge in [0.25, 0.3) is 0 Å². The molecule has 57 heavy (non-hydrogen) atoms. The van der Waals surface area contributed by atoms with Gasteiger partial charge in [-0.25, -0.2) is 0 Å². The van der Waals surface area contributed by atoms with Crippen molar-refractivity contribution in [2.24, 2.45) is 11.8 Å². The molecule has 0 bridgehead atoms. The summed E-state index contributed by atoms with van der Waals surface area (Å²) in [4.78, 5) is 2.38. The van der Waals surface area contributed by atoms with Crippen LogP contribution in [0.2, 0.25) is 0 Å². The molecule has 1 aliphatic carbocycles. The molecule has 0 radical (unpaired) electrons. The molecule has 0 fully saturated rings. The molecule has 0 spiro atoms. The summed E-state index contributed by atoms with van der Waals surface area (Å²) in [6.07, 6.45) is 32.3. The Morgan fingerprint density at radius 2 is 1.42 bits per heavy atom. The molecule has 5 aromatic carbocycles. The standard InChI is InChI=1S/C53H48N4/c1-3-39(2)41-28-25-40(26-29-41)27-34-50-49(48-22-11-10-17-43(48)16-7-4-5-14-36-55-50)35-37-54-46-19-15-18-45(38-46)42-30-32-44(33-31-42)53-56-51-23-12-13-24-52(51)57(53)47-20-8-6-9-21-47/h3-38,43,48,53-56H,1-2H3/b5-4-,16-7-,34-27-,36-14+,37-35+,39-3+,50-49-. The second-order valence-corrected chi connectivity index (χ2v) is 14.4. The highest BCUT2D eigenvalue weighted by Gasteiger charge is 2.30. The molecule has 4 heteroatoms. The number of hydrogen-bond acceptors (Lipinski definition) is 4. The Morgan fingerprint density at radius 3 is 2.25 bits per heavy atom. The van der Waals surface area contributed by atoms with E-state index in [1.165, 1.54) is 33.5 Å². The summed E-state index contributed by atoms with van der Waals surface area (Å²) < 4.78 is 0. The van der Waals surface area contributed by atoms with Crippen molar-refractivity contribution in [1.29, 1.82) is 0 Å². The van der Waals surface area contributed by atoms with E-state index in [9.17, 15) is 0 Å². The highest BCUT2D eigenvalue weighted by Crippen LogP contribution is 2.46. The Morgan fingerprint density at radius 1 is 0.667 bits per heavy atom. The van der Waals surface area contributed by atoms with Crippen LogP contribution < -0.4 is 20.9 Å². The Hall–Kier alpha value is -7.04. The second kappa shape index (κ2) is 17.6. The number of nitrogens with zero attached hydrogens (tertiary/aromatic N) is 1. The molecule has 3 N–H and O–H groups in total. The van der Waals surface area contributed by atoms with E-state index in [1.54, 1.807) is 0 Å². The minimum Gasteiger partial charge on any atom is -0.362 e. The number of anilines is 4. The van der Waals surface area contributed by atoms with E-state index in [1.807, 2.05) is 12.3 Å². The predicted molar refractivity (Wildman–Crippen MR) is 244 cm³/mol. The molecule has 280 valence electrons. The van der Waals surface area contributed by atoms with Crippen molar-refractivity contribution < 1.29 is 0 Å². The van der Waals surface area contributed by atoms with Crippen molar-refractivity contribution in [2.45, 2.75) is 20.0 Å². The van der Waals surface area contributed by atoms with Crippen LogP contribution in [0.25, 0.3) is 22.8 Å². The smallest absolute Gasteiger partial charge is 0.130 e. The van der Waals surface area contributed by atoms with Crippen molar-refractivity contribution in [2.75, 3.05) is 15.5 Å². The largest absolute Gasteiger partial charge is 0.362 e. The van der Waals surface area contributed by atoms with Crippen molar-refractivity contribution in [3.05, 3.63) is 241 Å². The van der Waals surface area contributed by atoms with Crippen LogP contribution in [-0.2, 0) is 0 Å². The fourth-order valence-electron chi connectivity index (χ4n) is 7.58. The van der Waals surface area contributed by atoms with E-state index < -0.39 is 0 Å². The zero-order valence-corrected chi connectivity index (χ0v) is 32.5. The topological polar surface area (TPSA) is 39.3 Å². The van der Waals surface area contributed by atoms with Crippen LogP contribution in [0.4, 0.5) is 22.7 Å². The molecule has 0 amide bonds. The molecule has 8 rings (SSSR count). The SMILES string of the molecule is C/C=C(\C)c1ccc(\C=C/C2=C(\C=C\Nc3cccc(-c4ccc(C5Nc6ccccc6N5c5ccccc5)cc4)c3)C3C=CC=CC3\C=C/C=C\C=C\N2)cc1. The molecule has 0 saturated heterocycles. The number of rotatable bonds is 9. The van der Waals surface area contributed by atoms with Gasteiger partial charge in [-0.3, -0.25) is 0 Å². The maximum atomic E-state index is 3.75. The fourth-order valence-corrected chi connectivity index (χ4v) is 7.58. The Labute approximate surface area is 337 Å². The van der Waals surface area contributed by atoms with Gasteiger partial charge in [0.05, 0.1) is 11.4 Å². The maximum Gasteiger partial charge on any atom is 0.130 e. The highest BCUT2D eigenvalue weighted by atomic mass is 15.3. The summed E-state index contributed by atoms with van der Waals surface area (Å²) in [5.41, 5.74) is 13.9. The van der Waals surface area contributed by atoms with E-state index in [-0.39, 0.29) is 18.0 Å². The van der Waals surface area contributed by atoms with Crippen LogP contribution in [0, 0.1) is 11.8 Å². The molecular formula is C53H48N4. The number of nitrogens with one attached hydrogen (secondary N) is 3.